The van der Waals surface area contributed by atoms with Crippen molar-refractivity contribution >= 4 is 28.4 Å². The third-order valence-electron chi connectivity index (χ3n) is 4.01. The fraction of sp³-hybridized carbons (Fsp3) is 0.174. The maximum absolute atomic E-state index is 12.2. The molecule has 4 nitrogen and oxygen atoms in total. The van der Waals surface area contributed by atoms with Crippen LogP contribution in [0.2, 0.25) is 0 Å². The number of rotatable bonds is 7. The summed E-state index contributed by atoms with van der Waals surface area (Å²) in [5.74, 6) is 1.20. The molecule has 0 spiro atoms. The summed E-state index contributed by atoms with van der Waals surface area (Å²) in [6.07, 6.45) is 3.27. The number of ether oxygens (including phenoxy) is 2. The van der Waals surface area contributed by atoms with Gasteiger partial charge in [0.25, 0.3) is 0 Å². The van der Waals surface area contributed by atoms with Crippen molar-refractivity contribution in [2.24, 2.45) is 0 Å². The lowest BCUT2D eigenvalue weighted by atomic mass is 10.1. The van der Waals surface area contributed by atoms with E-state index in [1.807, 2.05) is 74.5 Å². The van der Waals surface area contributed by atoms with Crippen molar-refractivity contribution in [1.82, 2.24) is 0 Å². The molecular formula is C23H23NO3. The van der Waals surface area contributed by atoms with Crippen molar-refractivity contribution < 1.29 is 14.3 Å². The van der Waals surface area contributed by atoms with Gasteiger partial charge in [-0.25, -0.2) is 0 Å². The van der Waals surface area contributed by atoms with Gasteiger partial charge in [-0.1, -0.05) is 36.4 Å². The van der Waals surface area contributed by atoms with Gasteiger partial charge in [0.05, 0.1) is 13.2 Å². The maximum atomic E-state index is 12.2. The number of carbonyl (C=O) groups excluding carboxylic acids is 1. The molecule has 0 atom stereocenters. The molecule has 4 heteroatoms. The maximum Gasteiger partial charge on any atom is 0.248 e. The quantitative estimate of drug-likeness (QED) is 0.582. The highest BCUT2D eigenvalue weighted by Gasteiger charge is 2.05. The molecule has 3 rings (SSSR count). The van der Waals surface area contributed by atoms with E-state index >= 15 is 0 Å². The van der Waals surface area contributed by atoms with Gasteiger partial charge in [0.2, 0.25) is 5.91 Å². The Kier molecular flexibility index (Phi) is 6.10. The average molecular weight is 361 g/mol. The number of nitrogens with one attached hydrogen (secondary N) is 1. The van der Waals surface area contributed by atoms with Crippen molar-refractivity contribution in [3.8, 4) is 11.5 Å². The van der Waals surface area contributed by atoms with Gasteiger partial charge in [-0.2, -0.15) is 0 Å². The Hall–Kier alpha value is -3.27. The molecule has 0 aliphatic heterocycles. The third kappa shape index (κ3) is 4.88. The number of benzene rings is 3. The largest absolute Gasteiger partial charge is 0.490 e. The van der Waals surface area contributed by atoms with Gasteiger partial charge in [-0.15, -0.1) is 0 Å². The fourth-order valence-electron chi connectivity index (χ4n) is 2.79. The van der Waals surface area contributed by atoms with Crippen LogP contribution in [-0.2, 0) is 4.79 Å². The summed E-state index contributed by atoms with van der Waals surface area (Å²) < 4.78 is 11.2. The molecule has 0 aromatic heterocycles. The van der Waals surface area contributed by atoms with E-state index in [0.717, 1.165) is 22.0 Å². The standard InChI is InChI=1S/C23H23NO3/c1-3-26-21-13-9-17(15-22(21)27-4-2)10-14-23(25)24-20-12-11-18-7-5-6-8-19(18)16-20/h5-16H,3-4H2,1-2H3,(H,24,25). The molecule has 3 aromatic rings. The Balaban J connectivity index is 1.70. The van der Waals surface area contributed by atoms with E-state index in [-0.39, 0.29) is 5.91 Å². The van der Waals surface area contributed by atoms with Crippen molar-refractivity contribution in [1.29, 1.82) is 0 Å². The highest BCUT2D eigenvalue weighted by Crippen LogP contribution is 2.29. The molecule has 27 heavy (non-hydrogen) atoms. The van der Waals surface area contributed by atoms with Crippen LogP contribution in [0, 0.1) is 0 Å². The highest BCUT2D eigenvalue weighted by atomic mass is 16.5. The van der Waals surface area contributed by atoms with Gasteiger partial charge >= 0.3 is 0 Å². The van der Waals surface area contributed by atoms with Gasteiger partial charge in [0, 0.05) is 11.8 Å². The lowest BCUT2D eigenvalue weighted by Gasteiger charge is -2.11. The van der Waals surface area contributed by atoms with Crippen LogP contribution >= 0.6 is 0 Å². The van der Waals surface area contributed by atoms with E-state index in [1.54, 1.807) is 6.08 Å². The molecule has 138 valence electrons. The molecule has 0 aliphatic carbocycles. The molecule has 0 saturated heterocycles. The zero-order chi connectivity index (χ0) is 19.1. The lowest BCUT2D eigenvalue weighted by molar-refractivity contribution is -0.111. The van der Waals surface area contributed by atoms with Crippen LogP contribution in [0.25, 0.3) is 16.8 Å². The molecular weight excluding hydrogens is 338 g/mol. The van der Waals surface area contributed by atoms with E-state index in [2.05, 4.69) is 5.32 Å². The number of hydrogen-bond donors (Lipinski definition) is 1. The first-order valence-corrected chi connectivity index (χ1v) is 9.07. The topological polar surface area (TPSA) is 47.6 Å². The zero-order valence-corrected chi connectivity index (χ0v) is 15.6. The number of amides is 1. The number of carbonyl (C=O) groups is 1. The third-order valence-corrected chi connectivity index (χ3v) is 4.01. The number of anilines is 1. The smallest absolute Gasteiger partial charge is 0.248 e. The second-order valence-electron chi connectivity index (χ2n) is 5.96. The second kappa shape index (κ2) is 8.90. The predicted octanol–water partition coefficient (Wildman–Crippen LogP) is 5.29. The molecule has 1 amide bonds. The van der Waals surface area contributed by atoms with E-state index in [9.17, 15) is 4.79 Å². The summed E-state index contributed by atoms with van der Waals surface area (Å²) in [7, 11) is 0. The first-order valence-electron chi connectivity index (χ1n) is 9.07. The zero-order valence-electron chi connectivity index (χ0n) is 15.6. The van der Waals surface area contributed by atoms with Gasteiger partial charge < -0.3 is 14.8 Å². The van der Waals surface area contributed by atoms with Crippen LogP contribution in [0.15, 0.2) is 66.7 Å². The fourth-order valence-corrected chi connectivity index (χ4v) is 2.79. The number of fused-ring (bicyclic) bond motifs is 1. The minimum atomic E-state index is -0.183. The average Bonchev–Trinajstić information content (AvgIpc) is 2.68. The summed E-state index contributed by atoms with van der Waals surface area (Å²) in [6, 6.07) is 19.5. The Morgan fingerprint density at radius 2 is 1.63 bits per heavy atom. The molecule has 0 fully saturated rings. The Morgan fingerprint density at radius 3 is 2.41 bits per heavy atom. The highest BCUT2D eigenvalue weighted by molar-refractivity contribution is 6.03. The Bertz CT molecular complexity index is 963. The second-order valence-corrected chi connectivity index (χ2v) is 5.96. The van der Waals surface area contributed by atoms with E-state index < -0.39 is 0 Å². The molecule has 0 bridgehead atoms. The van der Waals surface area contributed by atoms with E-state index in [0.29, 0.717) is 24.7 Å². The van der Waals surface area contributed by atoms with Gasteiger partial charge in [0.1, 0.15) is 0 Å². The Labute approximate surface area is 159 Å². The molecule has 3 aromatic carbocycles. The van der Waals surface area contributed by atoms with Gasteiger partial charge in [0.15, 0.2) is 11.5 Å². The van der Waals surface area contributed by atoms with Crippen LogP contribution in [0.5, 0.6) is 11.5 Å². The SMILES string of the molecule is CCOc1ccc(C=CC(=O)Nc2ccc3ccccc3c2)cc1OCC. The normalized spacial score (nSPS) is 10.9. The summed E-state index contributed by atoms with van der Waals surface area (Å²) in [5, 5.41) is 5.13. The van der Waals surface area contributed by atoms with Crippen LogP contribution in [0.4, 0.5) is 5.69 Å². The van der Waals surface area contributed by atoms with E-state index in [1.165, 1.54) is 6.08 Å². The first kappa shape index (κ1) is 18.5. The van der Waals surface area contributed by atoms with E-state index in [4.69, 9.17) is 9.47 Å². The predicted molar refractivity (Wildman–Crippen MR) is 110 cm³/mol. The molecule has 0 saturated carbocycles. The van der Waals surface area contributed by atoms with Crippen LogP contribution in [0.3, 0.4) is 0 Å². The van der Waals surface area contributed by atoms with Crippen molar-refractivity contribution in [2.45, 2.75) is 13.8 Å². The Morgan fingerprint density at radius 1 is 0.889 bits per heavy atom. The van der Waals surface area contributed by atoms with Crippen molar-refractivity contribution in [2.75, 3.05) is 18.5 Å². The molecule has 0 unspecified atom stereocenters. The molecule has 0 aliphatic rings. The molecule has 1 N–H and O–H groups in total. The van der Waals surface area contributed by atoms with Crippen LogP contribution in [0.1, 0.15) is 19.4 Å². The lowest BCUT2D eigenvalue weighted by Crippen LogP contribution is -2.07. The van der Waals surface area contributed by atoms with Gasteiger partial charge in [-0.05, 0) is 60.5 Å². The molecule has 0 radical (unpaired) electrons. The summed E-state index contributed by atoms with van der Waals surface area (Å²) in [5.41, 5.74) is 1.64. The first-order chi connectivity index (χ1) is 13.2. The van der Waals surface area contributed by atoms with Crippen molar-refractivity contribution in [3.63, 3.8) is 0 Å². The molecule has 0 heterocycles. The van der Waals surface area contributed by atoms with Crippen LogP contribution < -0.4 is 14.8 Å². The summed E-state index contributed by atoms with van der Waals surface area (Å²) >= 11 is 0. The summed E-state index contributed by atoms with van der Waals surface area (Å²) in [6.45, 7) is 4.98. The van der Waals surface area contributed by atoms with Crippen LogP contribution in [-0.4, -0.2) is 19.1 Å². The van der Waals surface area contributed by atoms with Crippen molar-refractivity contribution in [3.05, 3.63) is 72.3 Å². The number of hydrogen-bond acceptors (Lipinski definition) is 3. The minimum absolute atomic E-state index is 0.183. The monoisotopic (exact) mass is 361 g/mol. The minimum Gasteiger partial charge on any atom is -0.490 e. The van der Waals surface area contributed by atoms with Gasteiger partial charge in [-0.3, -0.25) is 4.79 Å². The summed E-state index contributed by atoms with van der Waals surface area (Å²) in [4.78, 5) is 12.2.